The number of piperazine rings is 1. The topological polar surface area (TPSA) is 81.3 Å². The molecule has 2 fully saturated rings. The number of hydrogen-bond donors (Lipinski definition) is 2. The molecule has 7 nitrogen and oxygen atoms in total. The van der Waals surface area contributed by atoms with E-state index < -0.39 is 0 Å². The molecule has 2 N–H and O–H groups in total. The van der Waals surface area contributed by atoms with Crippen LogP contribution in [-0.4, -0.2) is 71.1 Å². The van der Waals surface area contributed by atoms with Gasteiger partial charge in [0.1, 0.15) is 0 Å². The lowest BCUT2D eigenvalue weighted by atomic mass is 9.89. The average Bonchev–Trinajstić information content (AvgIpc) is 3.18. The van der Waals surface area contributed by atoms with Crippen LogP contribution in [0.5, 0.6) is 0 Å². The largest absolute Gasteiger partial charge is 0.354 e. The Kier molecular flexibility index (Phi) is 5.43. The number of carbonyl (C=O) groups is 2. The smallest absolute Gasteiger partial charge is 0.236 e. The van der Waals surface area contributed by atoms with Gasteiger partial charge >= 0.3 is 0 Å². The van der Waals surface area contributed by atoms with Gasteiger partial charge in [-0.15, -0.1) is 0 Å². The second-order valence-corrected chi connectivity index (χ2v) is 7.78. The van der Waals surface area contributed by atoms with Crippen LogP contribution >= 0.6 is 0 Å². The zero-order valence-electron chi connectivity index (χ0n) is 16.3. The maximum Gasteiger partial charge on any atom is 0.236 e. The number of carbonyl (C=O) groups excluding carboxylic acids is 2. The predicted molar refractivity (Wildman–Crippen MR) is 107 cm³/mol. The first-order valence-corrected chi connectivity index (χ1v) is 9.97. The summed E-state index contributed by atoms with van der Waals surface area (Å²) in [6.07, 6.45) is 3.75. The van der Waals surface area contributed by atoms with E-state index in [-0.39, 0.29) is 11.8 Å². The van der Waals surface area contributed by atoms with Gasteiger partial charge < -0.3 is 10.2 Å². The van der Waals surface area contributed by atoms with E-state index in [0.717, 1.165) is 38.0 Å². The molecule has 0 saturated carbocycles. The van der Waals surface area contributed by atoms with Crippen LogP contribution in [-0.2, 0) is 9.59 Å². The van der Waals surface area contributed by atoms with Crippen molar-refractivity contribution >= 4 is 11.8 Å². The van der Waals surface area contributed by atoms with Gasteiger partial charge in [0.2, 0.25) is 11.8 Å². The molecule has 0 unspecified atom stereocenters. The molecule has 148 valence electrons. The fourth-order valence-electron chi connectivity index (χ4n) is 4.19. The summed E-state index contributed by atoms with van der Waals surface area (Å²) < 4.78 is 0. The fourth-order valence-corrected chi connectivity index (χ4v) is 4.19. The Balaban J connectivity index is 1.36. The van der Waals surface area contributed by atoms with Gasteiger partial charge in [0.15, 0.2) is 0 Å². The Morgan fingerprint density at radius 2 is 2.07 bits per heavy atom. The molecule has 0 radical (unpaired) electrons. The third-order valence-corrected chi connectivity index (χ3v) is 5.73. The Labute approximate surface area is 165 Å². The number of nitrogens with zero attached hydrogens (tertiary/aromatic N) is 3. The highest BCUT2D eigenvalue weighted by atomic mass is 16.2. The zero-order chi connectivity index (χ0) is 19.5. The van der Waals surface area contributed by atoms with Gasteiger partial charge in [0.05, 0.1) is 19.3 Å². The van der Waals surface area contributed by atoms with Crippen LogP contribution in [0.4, 0.5) is 0 Å². The second-order valence-electron chi connectivity index (χ2n) is 7.78. The van der Waals surface area contributed by atoms with Crippen LogP contribution in [0.1, 0.15) is 30.0 Å². The SMILES string of the molecule is Cc1cccc(-c2cn[nH]c2C2CCN(C(=O)CN3CCNC(=O)C3)CC2)c1. The van der Waals surface area contributed by atoms with Crippen molar-refractivity contribution < 1.29 is 9.59 Å². The van der Waals surface area contributed by atoms with E-state index in [2.05, 4.69) is 46.7 Å². The first-order chi connectivity index (χ1) is 13.6. The van der Waals surface area contributed by atoms with Crippen LogP contribution in [0.3, 0.4) is 0 Å². The van der Waals surface area contributed by atoms with E-state index in [1.54, 1.807) is 0 Å². The minimum Gasteiger partial charge on any atom is -0.354 e. The molecule has 1 aromatic carbocycles. The molecule has 7 heteroatoms. The Hall–Kier alpha value is -2.67. The number of H-pyrrole nitrogens is 1. The van der Waals surface area contributed by atoms with Gasteiger partial charge in [-0.25, -0.2) is 0 Å². The Morgan fingerprint density at radius 1 is 1.25 bits per heavy atom. The van der Waals surface area contributed by atoms with E-state index in [1.807, 2.05) is 16.0 Å². The molecular weight excluding hydrogens is 354 g/mol. The number of rotatable bonds is 4. The first-order valence-electron chi connectivity index (χ1n) is 9.97. The second kappa shape index (κ2) is 8.14. The summed E-state index contributed by atoms with van der Waals surface area (Å²) in [5, 5.41) is 10.3. The molecule has 0 spiro atoms. The zero-order valence-corrected chi connectivity index (χ0v) is 16.3. The summed E-state index contributed by atoms with van der Waals surface area (Å²) in [5.74, 6) is 0.500. The normalized spacial score (nSPS) is 18.9. The van der Waals surface area contributed by atoms with Gasteiger partial charge in [0, 0.05) is 43.4 Å². The first kappa shape index (κ1) is 18.7. The van der Waals surface area contributed by atoms with Crippen molar-refractivity contribution in [2.75, 3.05) is 39.3 Å². The van der Waals surface area contributed by atoms with Crippen LogP contribution in [0.2, 0.25) is 0 Å². The molecule has 0 aliphatic carbocycles. The van der Waals surface area contributed by atoms with Crippen LogP contribution in [0, 0.1) is 6.92 Å². The summed E-state index contributed by atoms with van der Waals surface area (Å²) >= 11 is 0. The number of piperidine rings is 1. The van der Waals surface area contributed by atoms with Crippen LogP contribution in [0.25, 0.3) is 11.1 Å². The van der Waals surface area contributed by atoms with Gasteiger partial charge in [-0.1, -0.05) is 29.8 Å². The van der Waals surface area contributed by atoms with Crippen LogP contribution in [0.15, 0.2) is 30.5 Å². The van der Waals surface area contributed by atoms with E-state index in [0.29, 0.717) is 25.6 Å². The summed E-state index contributed by atoms with van der Waals surface area (Å²) in [6.45, 7) is 5.59. The van der Waals surface area contributed by atoms with Gasteiger partial charge in [0.25, 0.3) is 0 Å². The van der Waals surface area contributed by atoms with Crippen molar-refractivity contribution in [1.82, 2.24) is 25.3 Å². The standard InChI is InChI=1S/C21H27N5O2/c1-15-3-2-4-17(11-15)18-12-23-24-21(18)16-5-8-26(9-6-16)20(28)14-25-10-7-22-19(27)13-25/h2-4,11-12,16H,5-10,13-14H2,1H3,(H,22,27)(H,23,24). The van der Waals surface area contributed by atoms with Crippen molar-refractivity contribution in [2.24, 2.45) is 0 Å². The number of amides is 2. The number of likely N-dealkylation sites (tertiary alicyclic amines) is 1. The van der Waals surface area contributed by atoms with Crippen molar-refractivity contribution in [3.8, 4) is 11.1 Å². The minimum atomic E-state index is 0.000631. The highest BCUT2D eigenvalue weighted by Gasteiger charge is 2.28. The third kappa shape index (κ3) is 4.09. The average molecular weight is 381 g/mol. The third-order valence-electron chi connectivity index (χ3n) is 5.73. The van der Waals surface area contributed by atoms with Gasteiger partial charge in [-0.2, -0.15) is 5.10 Å². The van der Waals surface area contributed by atoms with E-state index >= 15 is 0 Å². The number of nitrogens with one attached hydrogen (secondary N) is 2. The Bertz CT molecular complexity index is 854. The maximum absolute atomic E-state index is 12.6. The number of hydrogen-bond acceptors (Lipinski definition) is 4. The van der Waals surface area contributed by atoms with Crippen LogP contribution < -0.4 is 5.32 Å². The van der Waals surface area contributed by atoms with Gasteiger partial charge in [-0.3, -0.25) is 19.6 Å². The lowest BCUT2D eigenvalue weighted by molar-refractivity contribution is -0.134. The molecule has 28 heavy (non-hydrogen) atoms. The summed E-state index contributed by atoms with van der Waals surface area (Å²) in [7, 11) is 0. The molecule has 2 aliphatic rings. The van der Waals surface area contributed by atoms with E-state index in [1.165, 1.54) is 16.8 Å². The van der Waals surface area contributed by atoms with Gasteiger partial charge in [-0.05, 0) is 25.3 Å². The molecule has 2 saturated heterocycles. The maximum atomic E-state index is 12.6. The lowest BCUT2D eigenvalue weighted by Crippen LogP contribution is -2.51. The fraction of sp³-hybridized carbons (Fsp3) is 0.476. The lowest BCUT2D eigenvalue weighted by Gasteiger charge is -2.34. The van der Waals surface area contributed by atoms with E-state index in [4.69, 9.17) is 0 Å². The molecule has 2 amide bonds. The predicted octanol–water partition coefficient (Wildman–Crippen LogP) is 1.52. The molecule has 0 bridgehead atoms. The van der Waals surface area contributed by atoms with E-state index in [9.17, 15) is 9.59 Å². The molecule has 0 atom stereocenters. The summed E-state index contributed by atoms with van der Waals surface area (Å²) in [4.78, 5) is 28.0. The van der Waals surface area contributed by atoms with Crippen molar-refractivity contribution in [3.63, 3.8) is 0 Å². The molecule has 3 heterocycles. The molecule has 1 aromatic heterocycles. The summed E-state index contributed by atoms with van der Waals surface area (Å²) in [6, 6.07) is 8.47. The number of aromatic amines is 1. The Morgan fingerprint density at radius 3 is 2.82 bits per heavy atom. The van der Waals surface area contributed by atoms with Crippen molar-refractivity contribution in [2.45, 2.75) is 25.7 Å². The quantitative estimate of drug-likeness (QED) is 0.842. The molecule has 2 aliphatic heterocycles. The molecule has 2 aromatic rings. The summed E-state index contributed by atoms with van der Waals surface area (Å²) in [5.41, 5.74) is 4.75. The highest BCUT2D eigenvalue weighted by molar-refractivity contribution is 5.82. The van der Waals surface area contributed by atoms with Crippen molar-refractivity contribution in [3.05, 3.63) is 41.7 Å². The highest BCUT2D eigenvalue weighted by Crippen LogP contribution is 2.34. The monoisotopic (exact) mass is 381 g/mol. The minimum absolute atomic E-state index is 0.000631. The number of aromatic nitrogens is 2. The molecule has 4 rings (SSSR count). The molecular formula is C21H27N5O2. The number of aryl methyl sites for hydroxylation is 1. The van der Waals surface area contributed by atoms with Crippen molar-refractivity contribution in [1.29, 1.82) is 0 Å². The number of benzene rings is 1.